The first-order valence-corrected chi connectivity index (χ1v) is 8.55. The third kappa shape index (κ3) is 4.48. The first kappa shape index (κ1) is 19.6. The molecular formula is C14H25ClN2O7. The Labute approximate surface area is 145 Å². The summed E-state index contributed by atoms with van der Waals surface area (Å²) in [6.45, 7) is 0.408. The maximum absolute atomic E-state index is 12.4. The fourth-order valence-electron chi connectivity index (χ4n) is 2.91. The van der Waals surface area contributed by atoms with Crippen molar-refractivity contribution in [1.29, 1.82) is 0 Å². The Morgan fingerprint density at radius 2 is 2.00 bits per heavy atom. The summed E-state index contributed by atoms with van der Waals surface area (Å²) in [7, 11) is 0. The van der Waals surface area contributed by atoms with E-state index in [1.54, 1.807) is 0 Å². The highest BCUT2D eigenvalue weighted by Crippen LogP contribution is 2.25. The van der Waals surface area contributed by atoms with Crippen LogP contribution in [0.5, 0.6) is 0 Å². The number of aliphatic hydroxyl groups is 4. The molecule has 140 valence electrons. The standard InChI is InChI=1S/C14H25ClN2O7/c15-3-4-16-14(22)17(6-8-2-1-5-23-8)13-12(21)11(20)10(19)9(7-18)24-13/h8-13,18-21H,1-7H2,(H,16,22)/t8?,9-,10+,11+,12-,13-/m1/s1. The Bertz CT molecular complexity index is 409. The lowest BCUT2D eigenvalue weighted by molar-refractivity contribution is -0.258. The van der Waals surface area contributed by atoms with Gasteiger partial charge in [0.1, 0.15) is 24.4 Å². The average molecular weight is 369 g/mol. The van der Waals surface area contributed by atoms with E-state index in [4.69, 9.17) is 21.1 Å². The van der Waals surface area contributed by atoms with Gasteiger partial charge in [-0.15, -0.1) is 11.6 Å². The predicted octanol–water partition coefficient (Wildman–Crippen LogP) is -1.78. The number of nitrogens with one attached hydrogen (secondary N) is 1. The van der Waals surface area contributed by atoms with Gasteiger partial charge in [-0.1, -0.05) is 0 Å². The number of nitrogens with zero attached hydrogens (tertiary/aromatic N) is 1. The van der Waals surface area contributed by atoms with Gasteiger partial charge in [0.25, 0.3) is 0 Å². The van der Waals surface area contributed by atoms with E-state index >= 15 is 0 Å². The number of rotatable bonds is 6. The molecule has 0 aliphatic carbocycles. The van der Waals surface area contributed by atoms with Gasteiger partial charge in [0.2, 0.25) is 0 Å². The zero-order chi connectivity index (χ0) is 17.7. The molecule has 10 heteroatoms. The van der Waals surface area contributed by atoms with Crippen LogP contribution in [-0.4, -0.2) is 100 Å². The van der Waals surface area contributed by atoms with Gasteiger partial charge in [0.15, 0.2) is 6.23 Å². The van der Waals surface area contributed by atoms with Gasteiger partial charge in [-0.05, 0) is 12.8 Å². The molecule has 2 rings (SSSR count). The topological polar surface area (TPSA) is 132 Å². The van der Waals surface area contributed by atoms with Crippen molar-refractivity contribution >= 4 is 17.6 Å². The summed E-state index contributed by atoms with van der Waals surface area (Å²) < 4.78 is 11.0. The van der Waals surface area contributed by atoms with Crippen LogP contribution in [0, 0.1) is 0 Å². The third-order valence-electron chi connectivity index (χ3n) is 4.23. The van der Waals surface area contributed by atoms with Crippen LogP contribution in [0.2, 0.25) is 0 Å². The highest BCUT2D eigenvalue weighted by molar-refractivity contribution is 6.18. The zero-order valence-corrected chi connectivity index (χ0v) is 14.0. The molecule has 0 aromatic carbocycles. The maximum Gasteiger partial charge on any atom is 0.319 e. The Morgan fingerprint density at radius 1 is 1.25 bits per heavy atom. The second-order valence-electron chi connectivity index (χ2n) is 5.93. The van der Waals surface area contributed by atoms with Crippen LogP contribution in [0.3, 0.4) is 0 Å². The van der Waals surface area contributed by atoms with Crippen molar-refractivity contribution < 1.29 is 34.7 Å². The van der Waals surface area contributed by atoms with Crippen LogP contribution in [0.4, 0.5) is 4.79 Å². The first-order chi connectivity index (χ1) is 11.5. The molecule has 2 saturated heterocycles. The summed E-state index contributed by atoms with van der Waals surface area (Å²) in [6.07, 6.45) is -5.43. The number of hydrogen-bond acceptors (Lipinski definition) is 7. The lowest BCUT2D eigenvalue weighted by Gasteiger charge is -2.44. The van der Waals surface area contributed by atoms with Gasteiger partial charge in [0.05, 0.1) is 19.3 Å². The van der Waals surface area contributed by atoms with Crippen LogP contribution in [0.25, 0.3) is 0 Å². The molecule has 6 atom stereocenters. The average Bonchev–Trinajstić information content (AvgIpc) is 3.09. The lowest BCUT2D eigenvalue weighted by atomic mass is 9.97. The van der Waals surface area contributed by atoms with Gasteiger partial charge in [-0.2, -0.15) is 0 Å². The van der Waals surface area contributed by atoms with Crippen molar-refractivity contribution in [2.24, 2.45) is 0 Å². The summed E-state index contributed by atoms with van der Waals surface area (Å²) in [5.41, 5.74) is 0. The molecule has 0 aromatic heterocycles. The molecule has 0 saturated carbocycles. The summed E-state index contributed by atoms with van der Waals surface area (Å²) in [5, 5.41) is 41.9. The number of ether oxygens (including phenoxy) is 2. The summed E-state index contributed by atoms with van der Waals surface area (Å²) in [6, 6.07) is -0.532. The molecule has 0 bridgehead atoms. The van der Waals surface area contributed by atoms with Crippen LogP contribution < -0.4 is 5.32 Å². The molecule has 5 N–H and O–H groups in total. The molecule has 2 aliphatic heterocycles. The van der Waals surface area contributed by atoms with Crippen LogP contribution in [0.1, 0.15) is 12.8 Å². The Morgan fingerprint density at radius 3 is 2.58 bits per heavy atom. The molecule has 2 fully saturated rings. The van der Waals surface area contributed by atoms with Gasteiger partial charge in [0, 0.05) is 19.0 Å². The number of halogens is 1. The number of urea groups is 1. The van der Waals surface area contributed by atoms with Gasteiger partial charge in [-0.25, -0.2) is 4.79 Å². The van der Waals surface area contributed by atoms with Gasteiger partial charge >= 0.3 is 6.03 Å². The van der Waals surface area contributed by atoms with E-state index in [9.17, 15) is 25.2 Å². The summed E-state index contributed by atoms with van der Waals surface area (Å²) in [5.74, 6) is 0.216. The second-order valence-corrected chi connectivity index (χ2v) is 6.31. The molecule has 1 unspecified atom stereocenters. The third-order valence-corrected chi connectivity index (χ3v) is 4.42. The van der Waals surface area contributed by atoms with Crippen LogP contribution in [0.15, 0.2) is 0 Å². The minimum absolute atomic E-state index is 0.150. The SMILES string of the molecule is O=C(NCCCl)N(CC1CCCO1)[C@@H]1O[C@H](CO)[C@H](O)[C@H](O)[C@H]1O. The van der Waals surface area contributed by atoms with E-state index in [1.165, 1.54) is 4.90 Å². The highest BCUT2D eigenvalue weighted by Gasteiger charge is 2.47. The number of carbonyl (C=O) groups is 1. The largest absolute Gasteiger partial charge is 0.394 e. The van der Waals surface area contributed by atoms with E-state index in [1.807, 2.05) is 0 Å². The van der Waals surface area contributed by atoms with Crippen molar-refractivity contribution in [2.75, 3.05) is 32.2 Å². The molecule has 2 amide bonds. The van der Waals surface area contributed by atoms with E-state index < -0.39 is 43.3 Å². The number of aliphatic hydroxyl groups excluding tert-OH is 4. The van der Waals surface area contributed by atoms with E-state index in [0.717, 1.165) is 12.8 Å². The Kier molecular flexibility index (Phi) is 7.48. The highest BCUT2D eigenvalue weighted by atomic mass is 35.5. The van der Waals surface area contributed by atoms with Crippen LogP contribution >= 0.6 is 11.6 Å². The Balaban J connectivity index is 2.14. The van der Waals surface area contributed by atoms with Crippen LogP contribution in [-0.2, 0) is 9.47 Å². The summed E-state index contributed by atoms with van der Waals surface area (Å²) in [4.78, 5) is 13.6. The predicted molar refractivity (Wildman–Crippen MR) is 83.6 cm³/mol. The number of amides is 2. The lowest BCUT2D eigenvalue weighted by Crippen LogP contribution is -2.65. The molecular weight excluding hydrogens is 344 g/mol. The van der Waals surface area contributed by atoms with Crippen molar-refractivity contribution in [3.05, 3.63) is 0 Å². The Hall–Kier alpha value is -0.680. The minimum atomic E-state index is -1.55. The molecule has 0 radical (unpaired) electrons. The molecule has 0 aromatic rings. The molecule has 2 heterocycles. The van der Waals surface area contributed by atoms with E-state index in [2.05, 4.69) is 5.32 Å². The van der Waals surface area contributed by atoms with Gasteiger partial charge < -0.3 is 35.2 Å². The zero-order valence-electron chi connectivity index (χ0n) is 13.3. The number of carbonyl (C=O) groups excluding carboxylic acids is 1. The fourth-order valence-corrected chi connectivity index (χ4v) is 3.00. The molecule has 24 heavy (non-hydrogen) atoms. The second kappa shape index (κ2) is 9.14. The van der Waals surface area contributed by atoms with E-state index in [-0.39, 0.29) is 25.1 Å². The number of hydrogen-bond donors (Lipinski definition) is 5. The monoisotopic (exact) mass is 368 g/mol. The smallest absolute Gasteiger partial charge is 0.319 e. The summed E-state index contributed by atoms with van der Waals surface area (Å²) >= 11 is 5.58. The normalized spacial score (nSPS) is 36.5. The van der Waals surface area contributed by atoms with Crippen molar-refractivity contribution in [1.82, 2.24) is 10.2 Å². The number of alkyl halides is 1. The maximum atomic E-state index is 12.4. The van der Waals surface area contributed by atoms with Gasteiger partial charge in [-0.3, -0.25) is 4.90 Å². The quantitative estimate of drug-likeness (QED) is 0.350. The van der Waals surface area contributed by atoms with Crippen molar-refractivity contribution in [3.8, 4) is 0 Å². The molecule has 9 nitrogen and oxygen atoms in total. The fraction of sp³-hybridized carbons (Fsp3) is 0.929. The first-order valence-electron chi connectivity index (χ1n) is 8.02. The van der Waals surface area contributed by atoms with Crippen molar-refractivity contribution in [3.63, 3.8) is 0 Å². The van der Waals surface area contributed by atoms with E-state index in [0.29, 0.717) is 6.61 Å². The van der Waals surface area contributed by atoms with Crippen molar-refractivity contribution in [2.45, 2.75) is 49.6 Å². The molecule has 2 aliphatic rings. The minimum Gasteiger partial charge on any atom is -0.394 e. The molecule has 0 spiro atoms.